The maximum Gasteiger partial charge on any atom is 0.586 e. The number of halogens is 4. The molecule has 0 aliphatic carbocycles. The van der Waals surface area contributed by atoms with Gasteiger partial charge in [0.05, 0.1) is 17.3 Å². The molecule has 0 unspecified atom stereocenters. The first kappa shape index (κ1) is 21.5. The van der Waals surface area contributed by atoms with Gasteiger partial charge in [-0.25, -0.2) is 13.5 Å². The molecular weight excluding hydrogens is 462 g/mol. The van der Waals surface area contributed by atoms with E-state index in [0.717, 1.165) is 21.7 Å². The number of rotatable bonds is 4. The third-order valence-corrected chi connectivity index (χ3v) is 5.17. The molecule has 34 heavy (non-hydrogen) atoms. The Balaban J connectivity index is 1.50. The van der Waals surface area contributed by atoms with Crippen molar-refractivity contribution < 1.29 is 36.2 Å². The summed E-state index contributed by atoms with van der Waals surface area (Å²) in [5.41, 5.74) is -0.525. The highest BCUT2D eigenvalue weighted by molar-refractivity contribution is 5.94. The Morgan fingerprint density at radius 3 is 2.71 bits per heavy atom. The molecule has 1 amide bonds. The molecule has 0 spiro atoms. The van der Waals surface area contributed by atoms with Gasteiger partial charge in [0.2, 0.25) is 11.7 Å². The number of furan rings is 1. The van der Waals surface area contributed by atoms with E-state index in [1.807, 2.05) is 0 Å². The van der Waals surface area contributed by atoms with Gasteiger partial charge in [0.25, 0.3) is 5.56 Å². The van der Waals surface area contributed by atoms with Crippen molar-refractivity contribution in [1.82, 2.24) is 9.78 Å². The number of carbonyl (C=O) groups excluding carboxylic acids is 1. The molecule has 8 nitrogen and oxygen atoms in total. The molecule has 0 fully saturated rings. The first-order valence-electron chi connectivity index (χ1n) is 9.74. The molecule has 1 aliphatic rings. The smallest absolute Gasteiger partial charge is 0.462 e. The van der Waals surface area contributed by atoms with Crippen LogP contribution in [0.5, 0.6) is 11.5 Å². The Bertz CT molecular complexity index is 1510. The number of alkyl halides is 2. The molecule has 5 rings (SSSR count). The maximum atomic E-state index is 14.8. The van der Waals surface area contributed by atoms with Crippen molar-refractivity contribution in [3.63, 3.8) is 0 Å². The molecule has 0 N–H and O–H groups in total. The summed E-state index contributed by atoms with van der Waals surface area (Å²) in [6.45, 7) is -0.636. The second-order valence-corrected chi connectivity index (χ2v) is 7.33. The fraction of sp³-hybridized carbons (Fsp3) is 0.136. The third-order valence-electron chi connectivity index (χ3n) is 5.17. The van der Waals surface area contributed by atoms with E-state index in [-0.39, 0.29) is 22.4 Å². The van der Waals surface area contributed by atoms with Crippen LogP contribution in [0.25, 0.3) is 22.2 Å². The van der Waals surface area contributed by atoms with Crippen LogP contribution in [0.1, 0.15) is 0 Å². The lowest BCUT2D eigenvalue weighted by atomic mass is 10.1. The van der Waals surface area contributed by atoms with Crippen LogP contribution in [0, 0.1) is 11.6 Å². The summed E-state index contributed by atoms with van der Waals surface area (Å²) in [4.78, 5) is 26.5. The quantitative estimate of drug-likeness (QED) is 0.416. The van der Waals surface area contributed by atoms with Gasteiger partial charge in [-0.2, -0.15) is 5.10 Å². The van der Waals surface area contributed by atoms with E-state index >= 15 is 0 Å². The van der Waals surface area contributed by atoms with Gasteiger partial charge in [-0.15, -0.1) is 8.78 Å². The van der Waals surface area contributed by atoms with Crippen LogP contribution in [0.4, 0.5) is 23.2 Å². The van der Waals surface area contributed by atoms with E-state index in [0.29, 0.717) is 5.56 Å². The highest BCUT2D eigenvalue weighted by Crippen LogP contribution is 2.45. The van der Waals surface area contributed by atoms with E-state index in [2.05, 4.69) is 14.6 Å². The molecule has 0 radical (unpaired) electrons. The molecule has 1 aliphatic heterocycles. The normalized spacial score (nSPS) is 13.9. The van der Waals surface area contributed by atoms with Gasteiger partial charge in [-0.3, -0.25) is 9.59 Å². The van der Waals surface area contributed by atoms with Gasteiger partial charge >= 0.3 is 6.29 Å². The van der Waals surface area contributed by atoms with Crippen molar-refractivity contribution in [1.29, 1.82) is 0 Å². The fourth-order valence-electron chi connectivity index (χ4n) is 3.54. The number of carbonyl (C=O) groups is 1. The monoisotopic (exact) mass is 475 g/mol. The lowest BCUT2D eigenvalue weighted by Crippen LogP contribution is -2.35. The summed E-state index contributed by atoms with van der Waals surface area (Å²) in [5, 5.41) is 4.26. The zero-order valence-corrected chi connectivity index (χ0v) is 17.2. The van der Waals surface area contributed by atoms with Crippen LogP contribution < -0.4 is 19.9 Å². The van der Waals surface area contributed by atoms with Crippen molar-refractivity contribution in [2.45, 2.75) is 12.8 Å². The van der Waals surface area contributed by atoms with Crippen molar-refractivity contribution in [2.24, 2.45) is 0 Å². The van der Waals surface area contributed by atoms with Crippen LogP contribution in [0.15, 0.2) is 57.9 Å². The average Bonchev–Trinajstić information content (AvgIpc) is 3.40. The van der Waals surface area contributed by atoms with Gasteiger partial charge in [0.15, 0.2) is 17.1 Å². The molecule has 12 heteroatoms. The first-order chi connectivity index (χ1) is 16.1. The third kappa shape index (κ3) is 3.52. The number of fused-ring (bicyclic) bond motifs is 2. The van der Waals surface area contributed by atoms with E-state index in [1.54, 1.807) is 6.07 Å². The zero-order valence-electron chi connectivity index (χ0n) is 17.2. The second-order valence-electron chi connectivity index (χ2n) is 7.33. The molecule has 2 aromatic heterocycles. The highest BCUT2D eigenvalue weighted by atomic mass is 19.3. The Kier molecular flexibility index (Phi) is 4.81. The highest BCUT2D eigenvalue weighted by Gasteiger charge is 2.45. The minimum Gasteiger partial charge on any atom is -0.462 e. The molecule has 4 aromatic rings. The van der Waals surface area contributed by atoms with Gasteiger partial charge in [-0.1, -0.05) is 12.1 Å². The predicted octanol–water partition coefficient (Wildman–Crippen LogP) is 3.92. The number of anilines is 1. The lowest BCUT2D eigenvalue weighted by molar-refractivity contribution is -0.287. The SMILES string of the molecule is CN(C(=O)Cn1nc(-c2cccc(F)c2)c2occc2c1=O)c1ccc2c(c1F)OC(F)(F)O2. The van der Waals surface area contributed by atoms with E-state index in [4.69, 9.17) is 4.42 Å². The molecule has 2 aromatic carbocycles. The van der Waals surface area contributed by atoms with Crippen molar-refractivity contribution in [3.8, 4) is 22.8 Å². The van der Waals surface area contributed by atoms with Crippen LogP contribution in [0.3, 0.4) is 0 Å². The first-order valence-corrected chi connectivity index (χ1v) is 9.74. The molecular formula is C22H13F4N3O5. The van der Waals surface area contributed by atoms with Gasteiger partial charge in [0, 0.05) is 12.6 Å². The summed E-state index contributed by atoms with van der Waals surface area (Å²) >= 11 is 0. The summed E-state index contributed by atoms with van der Waals surface area (Å²) in [5.74, 6) is -3.94. The van der Waals surface area contributed by atoms with Crippen LogP contribution >= 0.6 is 0 Å². The molecule has 0 bridgehead atoms. The molecule has 0 atom stereocenters. The predicted molar refractivity (Wildman–Crippen MR) is 110 cm³/mol. The second kappa shape index (κ2) is 7.61. The van der Waals surface area contributed by atoms with E-state index in [9.17, 15) is 27.2 Å². The van der Waals surface area contributed by atoms with Crippen LogP contribution in [0.2, 0.25) is 0 Å². The largest absolute Gasteiger partial charge is 0.586 e. The number of aromatic nitrogens is 2. The fourth-order valence-corrected chi connectivity index (χ4v) is 3.54. The number of ether oxygens (including phenoxy) is 2. The van der Waals surface area contributed by atoms with Crippen molar-refractivity contribution in [3.05, 3.63) is 70.7 Å². The van der Waals surface area contributed by atoms with E-state index < -0.39 is 47.4 Å². The Morgan fingerprint density at radius 2 is 1.94 bits per heavy atom. The molecule has 174 valence electrons. The van der Waals surface area contributed by atoms with E-state index in [1.165, 1.54) is 37.6 Å². The summed E-state index contributed by atoms with van der Waals surface area (Å²) < 4.78 is 69.6. The number of amides is 1. The van der Waals surface area contributed by atoms with Gasteiger partial charge in [0.1, 0.15) is 18.1 Å². The number of nitrogens with zero attached hydrogens (tertiary/aromatic N) is 3. The number of benzene rings is 2. The molecule has 0 saturated carbocycles. The summed E-state index contributed by atoms with van der Waals surface area (Å²) in [6, 6.07) is 8.88. The average molecular weight is 475 g/mol. The number of hydrogen-bond donors (Lipinski definition) is 0. The number of likely N-dealkylation sites (N-methyl/N-ethyl adjacent to an activating group) is 1. The van der Waals surface area contributed by atoms with Crippen LogP contribution in [-0.2, 0) is 11.3 Å². The summed E-state index contributed by atoms with van der Waals surface area (Å²) in [6.07, 6.45) is -2.78. The minimum atomic E-state index is -4.03. The lowest BCUT2D eigenvalue weighted by Gasteiger charge is -2.19. The van der Waals surface area contributed by atoms with Crippen molar-refractivity contribution in [2.75, 3.05) is 11.9 Å². The van der Waals surface area contributed by atoms with Gasteiger partial charge < -0.3 is 18.8 Å². The van der Waals surface area contributed by atoms with Gasteiger partial charge in [-0.05, 0) is 30.3 Å². The Labute approximate surface area is 187 Å². The summed E-state index contributed by atoms with van der Waals surface area (Å²) in [7, 11) is 1.19. The van der Waals surface area contributed by atoms with Crippen molar-refractivity contribution >= 4 is 22.6 Å². The zero-order chi connectivity index (χ0) is 24.2. The Hall–Kier alpha value is -4.35. The molecule has 0 saturated heterocycles. The number of hydrogen-bond acceptors (Lipinski definition) is 6. The van der Waals surface area contributed by atoms with Crippen LogP contribution in [-0.4, -0.2) is 29.0 Å². The Morgan fingerprint density at radius 1 is 1.15 bits per heavy atom. The maximum absolute atomic E-state index is 14.8. The minimum absolute atomic E-state index is 0.0983. The molecule has 3 heterocycles. The topological polar surface area (TPSA) is 86.8 Å². The standard InChI is InChI=1S/C22H13F4N3O5/c1-28(14-5-6-15-20(17(14)24)34-22(25,26)33-15)16(30)10-29-21(31)13-7-8-32-19(13)18(27-29)11-3-2-4-12(23)9-11/h2-9H,10H2,1H3.